The molecule has 0 spiro atoms. The number of halogens is 6. The first kappa shape index (κ1) is 20.2. The van der Waals surface area contributed by atoms with Gasteiger partial charge in [-0.25, -0.2) is 15.0 Å². The highest BCUT2D eigenvalue weighted by Gasteiger charge is 2.34. The minimum atomic E-state index is -1.91. The summed E-state index contributed by atoms with van der Waals surface area (Å²) in [6.07, 6.45) is 0.732. The number of hydrogen-bond acceptors (Lipinski definition) is 5. The monoisotopic (exact) mass is 466 g/mol. The summed E-state index contributed by atoms with van der Waals surface area (Å²) in [6, 6.07) is 1.78. The van der Waals surface area contributed by atoms with Gasteiger partial charge in [0.2, 0.25) is 13.5 Å². The maximum Gasteiger partial charge on any atom is 0.250 e. The molecular formula is C12H8Cl6N4OS. The molecule has 2 aromatic heterocycles. The van der Waals surface area contributed by atoms with Gasteiger partial charge in [0.1, 0.15) is 0 Å². The summed E-state index contributed by atoms with van der Waals surface area (Å²) >= 11 is 36.4. The largest absolute Gasteiger partial charge is 0.370 e. The van der Waals surface area contributed by atoms with Crippen LogP contribution in [0.2, 0.25) is 0 Å². The molecule has 0 unspecified atom stereocenters. The van der Waals surface area contributed by atoms with Crippen LogP contribution in [0.5, 0.6) is 0 Å². The lowest BCUT2D eigenvalue weighted by molar-refractivity contribution is -0.117. The second kappa shape index (κ2) is 7.66. The number of nitrogens with zero attached hydrogens (tertiary/aromatic N) is 3. The molecular weight excluding hydrogens is 461 g/mol. The Balaban J connectivity index is 2.44. The van der Waals surface area contributed by atoms with Crippen LogP contribution < -0.4 is 5.73 Å². The molecule has 24 heavy (non-hydrogen) atoms. The number of nitrogens with two attached hydrogens (primary N) is 1. The molecule has 0 saturated carbocycles. The van der Waals surface area contributed by atoms with E-state index in [-0.39, 0.29) is 29.8 Å². The maximum atomic E-state index is 10.9. The van der Waals surface area contributed by atoms with Crippen molar-refractivity contribution in [1.82, 2.24) is 15.0 Å². The number of thiophene rings is 1. The quantitative estimate of drug-likeness (QED) is 0.661. The molecule has 2 heterocycles. The minimum absolute atomic E-state index is 0.163. The second-order valence-electron chi connectivity index (χ2n) is 4.57. The third-order valence-electron chi connectivity index (χ3n) is 2.67. The van der Waals surface area contributed by atoms with Crippen molar-refractivity contribution in [3.8, 4) is 11.4 Å². The Morgan fingerprint density at radius 2 is 1.58 bits per heavy atom. The third kappa shape index (κ3) is 5.46. The van der Waals surface area contributed by atoms with Crippen LogP contribution in [0, 0.1) is 0 Å². The number of carbonyl (C=O) groups excluding carboxylic acids is 1. The first-order valence-electron chi connectivity index (χ1n) is 6.23. The van der Waals surface area contributed by atoms with E-state index in [1.807, 2.05) is 0 Å². The number of hydrogen-bond donors (Lipinski definition) is 1. The molecule has 0 aromatic carbocycles. The van der Waals surface area contributed by atoms with Crippen LogP contribution >= 0.6 is 80.9 Å². The van der Waals surface area contributed by atoms with E-state index in [2.05, 4.69) is 15.0 Å². The zero-order chi connectivity index (χ0) is 18.1. The van der Waals surface area contributed by atoms with Gasteiger partial charge in [-0.2, -0.15) is 0 Å². The molecule has 1 amide bonds. The van der Waals surface area contributed by atoms with Gasteiger partial charge in [0.05, 0.1) is 0 Å². The predicted molar refractivity (Wildman–Crippen MR) is 99.1 cm³/mol. The van der Waals surface area contributed by atoms with E-state index < -0.39 is 7.59 Å². The van der Waals surface area contributed by atoms with E-state index in [0.717, 1.165) is 4.88 Å². The number of primary amides is 1. The smallest absolute Gasteiger partial charge is 0.250 e. The normalized spacial score (nSPS) is 12.4. The molecule has 0 atom stereocenters. The summed E-state index contributed by atoms with van der Waals surface area (Å²) in [5.74, 6) is -0.524. The van der Waals surface area contributed by atoms with Gasteiger partial charge in [-0.15, -0.1) is 11.3 Å². The molecule has 0 bridgehead atoms. The van der Waals surface area contributed by atoms with Gasteiger partial charge in [-0.3, -0.25) is 4.79 Å². The van der Waals surface area contributed by atoms with Crippen LogP contribution in [0.25, 0.3) is 11.4 Å². The first-order valence-corrected chi connectivity index (χ1v) is 9.38. The molecule has 2 N–H and O–H groups in total. The summed E-state index contributed by atoms with van der Waals surface area (Å²) in [6.45, 7) is 0. The molecule has 130 valence electrons. The Morgan fingerprint density at radius 1 is 1.04 bits per heavy atom. The highest BCUT2D eigenvalue weighted by Crippen LogP contribution is 2.41. The lowest BCUT2D eigenvalue weighted by Crippen LogP contribution is -2.16. The van der Waals surface area contributed by atoms with Crippen molar-refractivity contribution in [1.29, 1.82) is 0 Å². The molecule has 0 radical (unpaired) electrons. The molecule has 0 aliphatic carbocycles. The van der Waals surface area contributed by atoms with Gasteiger partial charge in [0, 0.05) is 22.2 Å². The predicted octanol–water partition coefficient (Wildman–Crippen LogP) is 4.67. The number of alkyl halides is 6. The van der Waals surface area contributed by atoms with Crippen LogP contribution in [-0.2, 0) is 18.8 Å². The number of rotatable bonds is 4. The Hall–Kier alpha value is -0.0800. The van der Waals surface area contributed by atoms with Gasteiger partial charge in [-0.1, -0.05) is 69.6 Å². The standard InChI is InChI=1S/C12H8Cl6N4OS/c13-11(14,15)9-20-8(21-10(22-9)12(16,17)18)5-3-6(24-4-5)1-2-7(19)23/h3-4H,1-2H2,(H2,19,23). The highest BCUT2D eigenvalue weighted by molar-refractivity contribution is 7.10. The van der Waals surface area contributed by atoms with Crippen LogP contribution in [0.15, 0.2) is 11.4 Å². The van der Waals surface area contributed by atoms with Gasteiger partial charge in [0.15, 0.2) is 17.5 Å². The van der Waals surface area contributed by atoms with Crippen molar-refractivity contribution in [3.63, 3.8) is 0 Å². The third-order valence-corrected chi connectivity index (χ3v) is 4.68. The summed E-state index contributed by atoms with van der Waals surface area (Å²) in [7, 11) is 0. The van der Waals surface area contributed by atoms with Crippen molar-refractivity contribution in [2.24, 2.45) is 5.73 Å². The van der Waals surface area contributed by atoms with Gasteiger partial charge in [0.25, 0.3) is 0 Å². The molecule has 12 heteroatoms. The Kier molecular flexibility index (Phi) is 6.46. The van der Waals surface area contributed by atoms with Crippen molar-refractivity contribution >= 4 is 86.8 Å². The maximum absolute atomic E-state index is 10.9. The van der Waals surface area contributed by atoms with Crippen molar-refractivity contribution in [2.45, 2.75) is 20.4 Å². The topological polar surface area (TPSA) is 81.8 Å². The Morgan fingerprint density at radius 3 is 2.04 bits per heavy atom. The van der Waals surface area contributed by atoms with Gasteiger partial charge < -0.3 is 5.73 Å². The van der Waals surface area contributed by atoms with E-state index in [9.17, 15) is 4.79 Å². The van der Waals surface area contributed by atoms with Crippen LogP contribution in [0.1, 0.15) is 22.9 Å². The average Bonchev–Trinajstić information content (AvgIpc) is 2.91. The van der Waals surface area contributed by atoms with Crippen molar-refractivity contribution < 1.29 is 4.79 Å². The number of carbonyl (C=O) groups is 1. The number of amides is 1. The lowest BCUT2D eigenvalue weighted by atomic mass is 10.2. The summed E-state index contributed by atoms with van der Waals surface area (Å²) in [5, 5.41) is 1.77. The first-order chi connectivity index (χ1) is 11.0. The molecule has 0 aliphatic rings. The van der Waals surface area contributed by atoms with E-state index in [4.69, 9.17) is 75.3 Å². The molecule has 5 nitrogen and oxygen atoms in total. The molecule has 2 rings (SSSR count). The van der Waals surface area contributed by atoms with Gasteiger partial charge in [-0.05, 0) is 12.5 Å². The number of aromatic nitrogens is 3. The van der Waals surface area contributed by atoms with Crippen molar-refractivity contribution in [3.05, 3.63) is 28.0 Å². The highest BCUT2D eigenvalue weighted by atomic mass is 35.6. The fraction of sp³-hybridized carbons (Fsp3) is 0.333. The fourth-order valence-electron chi connectivity index (χ4n) is 1.63. The minimum Gasteiger partial charge on any atom is -0.370 e. The molecule has 0 saturated heterocycles. The van der Waals surface area contributed by atoms with Crippen LogP contribution in [0.4, 0.5) is 0 Å². The van der Waals surface area contributed by atoms with Crippen LogP contribution in [0.3, 0.4) is 0 Å². The molecule has 2 aromatic rings. The Labute approximate surface area is 171 Å². The average molecular weight is 469 g/mol. The van der Waals surface area contributed by atoms with E-state index in [0.29, 0.717) is 12.0 Å². The van der Waals surface area contributed by atoms with Crippen molar-refractivity contribution in [2.75, 3.05) is 0 Å². The van der Waals surface area contributed by atoms with Gasteiger partial charge >= 0.3 is 0 Å². The lowest BCUT2D eigenvalue weighted by Gasteiger charge is -2.15. The van der Waals surface area contributed by atoms with E-state index in [1.165, 1.54) is 11.3 Å². The van der Waals surface area contributed by atoms with Crippen LogP contribution in [-0.4, -0.2) is 20.9 Å². The summed E-state index contributed by atoms with van der Waals surface area (Å²) in [4.78, 5) is 23.9. The van der Waals surface area contributed by atoms with E-state index in [1.54, 1.807) is 11.4 Å². The number of aryl methyl sites for hydroxylation is 1. The zero-order valence-corrected chi connectivity index (χ0v) is 16.9. The molecule has 0 fully saturated rings. The Bertz CT molecular complexity index is 722. The summed E-state index contributed by atoms with van der Waals surface area (Å²) in [5.41, 5.74) is 5.76. The van der Waals surface area contributed by atoms with E-state index >= 15 is 0 Å². The second-order valence-corrected chi connectivity index (χ2v) is 10.1. The zero-order valence-electron chi connectivity index (χ0n) is 11.6. The SMILES string of the molecule is NC(=O)CCc1cc(-c2nc(C(Cl)(Cl)Cl)nc(C(Cl)(Cl)Cl)n2)cs1. The summed E-state index contributed by atoms with van der Waals surface area (Å²) < 4.78 is -3.82. The fourth-order valence-corrected chi connectivity index (χ4v) is 3.01. The molecule has 0 aliphatic heterocycles.